The Balaban J connectivity index is 1.61. The van der Waals surface area contributed by atoms with Crippen LogP contribution >= 0.6 is 0 Å². The summed E-state index contributed by atoms with van der Waals surface area (Å²) in [5.74, 6) is 0.610. The summed E-state index contributed by atoms with van der Waals surface area (Å²) in [6, 6.07) is 10.2. The van der Waals surface area contributed by atoms with Gasteiger partial charge >= 0.3 is 0 Å². The van der Waals surface area contributed by atoms with Gasteiger partial charge in [0.1, 0.15) is 11.5 Å². The SMILES string of the molecule is CC(C)N1Cc2c(NCc3cnc4ccccc4c3)nc(N)nc2C1=O. The molecule has 0 saturated carbocycles. The van der Waals surface area contributed by atoms with E-state index in [2.05, 4.69) is 26.3 Å². The second-order valence-corrected chi connectivity index (χ2v) is 6.67. The number of aromatic nitrogens is 3. The fraction of sp³-hybridized carbons (Fsp3) is 0.263. The first kappa shape index (κ1) is 16.3. The molecule has 0 atom stereocenters. The fourth-order valence-corrected chi connectivity index (χ4v) is 3.17. The van der Waals surface area contributed by atoms with Crippen LogP contribution in [0.5, 0.6) is 0 Å². The van der Waals surface area contributed by atoms with E-state index in [9.17, 15) is 4.79 Å². The van der Waals surface area contributed by atoms with E-state index in [0.29, 0.717) is 24.6 Å². The van der Waals surface area contributed by atoms with Gasteiger partial charge in [0.2, 0.25) is 5.95 Å². The molecule has 0 fully saturated rings. The molecule has 2 aromatic heterocycles. The molecule has 0 unspecified atom stereocenters. The van der Waals surface area contributed by atoms with Crippen LogP contribution < -0.4 is 11.1 Å². The molecule has 7 heteroatoms. The normalized spacial score (nSPS) is 13.5. The summed E-state index contributed by atoms with van der Waals surface area (Å²) in [6.45, 7) is 4.99. The third-order valence-corrected chi connectivity index (χ3v) is 4.55. The second kappa shape index (κ2) is 6.25. The third kappa shape index (κ3) is 2.81. The van der Waals surface area contributed by atoms with Crippen molar-refractivity contribution < 1.29 is 4.79 Å². The molecule has 4 rings (SSSR count). The Hall–Kier alpha value is -3.22. The van der Waals surface area contributed by atoms with Gasteiger partial charge in [0.25, 0.3) is 5.91 Å². The topological polar surface area (TPSA) is 97.0 Å². The van der Waals surface area contributed by atoms with E-state index in [1.165, 1.54) is 0 Å². The highest BCUT2D eigenvalue weighted by Gasteiger charge is 2.33. The summed E-state index contributed by atoms with van der Waals surface area (Å²) in [7, 11) is 0. The van der Waals surface area contributed by atoms with Crippen molar-refractivity contribution in [3.63, 3.8) is 0 Å². The number of pyridine rings is 1. The Labute approximate surface area is 151 Å². The summed E-state index contributed by atoms with van der Waals surface area (Å²) < 4.78 is 0. The molecule has 0 radical (unpaired) electrons. The summed E-state index contributed by atoms with van der Waals surface area (Å²) in [5, 5.41) is 4.38. The summed E-state index contributed by atoms with van der Waals surface area (Å²) in [5.41, 5.74) is 8.99. The number of carbonyl (C=O) groups excluding carboxylic acids is 1. The van der Waals surface area contributed by atoms with Crippen molar-refractivity contribution in [2.24, 2.45) is 0 Å². The van der Waals surface area contributed by atoms with Crippen molar-refractivity contribution >= 4 is 28.6 Å². The van der Waals surface area contributed by atoms with E-state index in [4.69, 9.17) is 5.73 Å². The Kier molecular flexibility index (Phi) is 3.91. The van der Waals surface area contributed by atoms with Crippen LogP contribution in [-0.2, 0) is 13.1 Å². The zero-order valence-corrected chi connectivity index (χ0v) is 14.7. The predicted octanol–water partition coefficient (Wildman–Crippen LogP) is 2.58. The lowest BCUT2D eigenvalue weighted by molar-refractivity contribution is 0.0726. The van der Waals surface area contributed by atoms with Crippen molar-refractivity contribution in [2.45, 2.75) is 33.0 Å². The molecule has 0 aliphatic carbocycles. The van der Waals surface area contributed by atoms with Crippen molar-refractivity contribution in [1.29, 1.82) is 0 Å². The molecule has 7 nitrogen and oxygen atoms in total. The van der Waals surface area contributed by atoms with Crippen LogP contribution in [0.15, 0.2) is 36.5 Å². The highest BCUT2D eigenvalue weighted by Crippen LogP contribution is 2.29. The van der Waals surface area contributed by atoms with Crippen LogP contribution in [0.25, 0.3) is 10.9 Å². The van der Waals surface area contributed by atoms with Crippen molar-refractivity contribution in [2.75, 3.05) is 11.1 Å². The van der Waals surface area contributed by atoms with Gasteiger partial charge in [-0.15, -0.1) is 0 Å². The Morgan fingerprint density at radius 2 is 2.08 bits per heavy atom. The number of nitrogens with one attached hydrogen (secondary N) is 1. The number of hydrogen-bond acceptors (Lipinski definition) is 6. The Morgan fingerprint density at radius 1 is 1.27 bits per heavy atom. The molecule has 1 amide bonds. The maximum atomic E-state index is 12.5. The van der Waals surface area contributed by atoms with Crippen LogP contribution in [0, 0.1) is 0 Å². The maximum Gasteiger partial charge on any atom is 0.273 e. The van der Waals surface area contributed by atoms with E-state index in [0.717, 1.165) is 22.0 Å². The van der Waals surface area contributed by atoms with Crippen LogP contribution in [-0.4, -0.2) is 31.8 Å². The van der Waals surface area contributed by atoms with Gasteiger partial charge in [-0.05, 0) is 31.5 Å². The molecule has 1 aliphatic rings. The fourth-order valence-electron chi connectivity index (χ4n) is 3.17. The molecular weight excluding hydrogens is 328 g/mol. The number of nitrogens with zero attached hydrogens (tertiary/aromatic N) is 4. The van der Waals surface area contributed by atoms with Crippen molar-refractivity contribution in [3.8, 4) is 0 Å². The smallest absolute Gasteiger partial charge is 0.273 e. The number of anilines is 2. The van der Waals surface area contributed by atoms with E-state index >= 15 is 0 Å². The van der Waals surface area contributed by atoms with Gasteiger partial charge in [0.15, 0.2) is 0 Å². The van der Waals surface area contributed by atoms with Crippen LogP contribution in [0.1, 0.15) is 35.5 Å². The van der Waals surface area contributed by atoms with Crippen LogP contribution in [0.2, 0.25) is 0 Å². The van der Waals surface area contributed by atoms with Gasteiger partial charge in [0, 0.05) is 29.7 Å². The molecule has 1 aliphatic heterocycles. The standard InChI is InChI=1S/C19H20N6O/c1-11(2)25-10-14-16(18(25)26)23-19(20)24-17(14)22-9-12-7-13-5-3-4-6-15(13)21-8-12/h3-8,11H,9-10H2,1-2H3,(H3,20,22,23,24). The number of hydrogen-bond donors (Lipinski definition) is 2. The largest absolute Gasteiger partial charge is 0.368 e. The third-order valence-electron chi connectivity index (χ3n) is 4.55. The lowest BCUT2D eigenvalue weighted by atomic mass is 10.1. The second-order valence-electron chi connectivity index (χ2n) is 6.67. The van der Waals surface area contributed by atoms with Gasteiger partial charge in [-0.1, -0.05) is 18.2 Å². The van der Waals surface area contributed by atoms with E-state index in [1.54, 1.807) is 4.90 Å². The van der Waals surface area contributed by atoms with Gasteiger partial charge in [0.05, 0.1) is 12.1 Å². The van der Waals surface area contributed by atoms with Crippen molar-refractivity contribution in [3.05, 3.63) is 53.3 Å². The van der Waals surface area contributed by atoms with Crippen LogP contribution in [0.4, 0.5) is 11.8 Å². The number of fused-ring (bicyclic) bond motifs is 2. The number of rotatable bonds is 4. The lowest BCUT2D eigenvalue weighted by Crippen LogP contribution is -2.31. The number of nitrogen functional groups attached to an aromatic ring is 1. The molecule has 0 bridgehead atoms. The van der Waals surface area contributed by atoms with Gasteiger partial charge in [-0.25, -0.2) is 4.98 Å². The minimum atomic E-state index is -0.0977. The minimum absolute atomic E-state index is 0.0930. The molecule has 3 N–H and O–H groups in total. The molecule has 1 aromatic carbocycles. The summed E-state index contributed by atoms with van der Waals surface area (Å²) in [6.07, 6.45) is 1.84. The number of para-hydroxylation sites is 1. The van der Waals surface area contributed by atoms with Gasteiger partial charge < -0.3 is 16.0 Å². The first-order valence-corrected chi connectivity index (χ1v) is 8.58. The van der Waals surface area contributed by atoms with Crippen LogP contribution in [0.3, 0.4) is 0 Å². The van der Waals surface area contributed by atoms with E-state index in [-0.39, 0.29) is 17.9 Å². The van der Waals surface area contributed by atoms with Crippen molar-refractivity contribution in [1.82, 2.24) is 19.9 Å². The monoisotopic (exact) mass is 348 g/mol. The van der Waals surface area contributed by atoms with E-state index < -0.39 is 0 Å². The lowest BCUT2D eigenvalue weighted by Gasteiger charge is -2.19. The molecule has 0 spiro atoms. The summed E-state index contributed by atoms with van der Waals surface area (Å²) in [4.78, 5) is 27.2. The maximum absolute atomic E-state index is 12.5. The Morgan fingerprint density at radius 3 is 2.88 bits per heavy atom. The number of carbonyl (C=O) groups is 1. The Bertz CT molecular complexity index is 1000. The van der Waals surface area contributed by atoms with Gasteiger partial charge in [-0.3, -0.25) is 9.78 Å². The first-order chi connectivity index (χ1) is 12.5. The first-order valence-electron chi connectivity index (χ1n) is 8.58. The number of benzene rings is 1. The average molecular weight is 348 g/mol. The molecular formula is C19H20N6O. The highest BCUT2D eigenvalue weighted by molar-refractivity contribution is 5.98. The minimum Gasteiger partial charge on any atom is -0.368 e. The predicted molar refractivity (Wildman–Crippen MR) is 101 cm³/mol. The molecule has 26 heavy (non-hydrogen) atoms. The molecule has 132 valence electrons. The quantitative estimate of drug-likeness (QED) is 0.752. The molecule has 0 saturated heterocycles. The molecule has 3 aromatic rings. The zero-order valence-electron chi connectivity index (χ0n) is 14.7. The molecule has 3 heterocycles. The number of nitrogens with two attached hydrogens (primary N) is 1. The summed E-state index contributed by atoms with van der Waals surface area (Å²) >= 11 is 0. The zero-order chi connectivity index (χ0) is 18.3. The van der Waals surface area contributed by atoms with Gasteiger partial charge in [-0.2, -0.15) is 4.98 Å². The number of amides is 1. The highest BCUT2D eigenvalue weighted by atomic mass is 16.2. The van der Waals surface area contributed by atoms with E-state index in [1.807, 2.05) is 44.3 Å². The average Bonchev–Trinajstić information content (AvgIpc) is 2.96.